The SMILES string of the molecule is CNc1ccc(-c2ccc3c(N4CCOCC4C)nc(N4CCOCC4C)nc3n2)cn1. The number of aromatic nitrogens is 4. The summed E-state index contributed by atoms with van der Waals surface area (Å²) in [5, 5.41) is 4.00. The van der Waals surface area contributed by atoms with Gasteiger partial charge in [0, 0.05) is 31.9 Å². The highest BCUT2D eigenvalue weighted by atomic mass is 16.5. The molecule has 9 heteroatoms. The molecule has 0 spiro atoms. The van der Waals surface area contributed by atoms with E-state index < -0.39 is 0 Å². The molecule has 0 radical (unpaired) electrons. The van der Waals surface area contributed by atoms with Crippen LogP contribution < -0.4 is 15.1 Å². The zero-order valence-electron chi connectivity index (χ0n) is 18.8. The predicted molar refractivity (Wildman–Crippen MR) is 125 cm³/mol. The van der Waals surface area contributed by atoms with Crippen LogP contribution >= 0.6 is 0 Å². The lowest BCUT2D eigenvalue weighted by atomic mass is 10.1. The Bertz CT molecular complexity index is 1090. The highest BCUT2D eigenvalue weighted by Crippen LogP contribution is 2.31. The third kappa shape index (κ3) is 3.93. The van der Waals surface area contributed by atoms with Crippen LogP contribution in [0.5, 0.6) is 0 Å². The fraction of sp³-hybridized carbons (Fsp3) is 0.478. The largest absolute Gasteiger partial charge is 0.377 e. The maximum Gasteiger partial charge on any atom is 0.229 e. The summed E-state index contributed by atoms with van der Waals surface area (Å²) in [7, 11) is 1.86. The van der Waals surface area contributed by atoms with Gasteiger partial charge in [-0.2, -0.15) is 9.97 Å². The van der Waals surface area contributed by atoms with E-state index in [0.717, 1.165) is 41.4 Å². The summed E-state index contributed by atoms with van der Waals surface area (Å²) < 4.78 is 11.3. The lowest BCUT2D eigenvalue weighted by molar-refractivity contribution is 0.0973. The van der Waals surface area contributed by atoms with Crippen molar-refractivity contribution in [2.24, 2.45) is 0 Å². The predicted octanol–water partition coefficient (Wildman–Crippen LogP) is 2.58. The number of pyridine rings is 2. The third-order valence-electron chi connectivity index (χ3n) is 6.11. The lowest BCUT2D eigenvalue weighted by Crippen LogP contribution is -2.46. The topological polar surface area (TPSA) is 88.5 Å². The van der Waals surface area contributed by atoms with Gasteiger partial charge in [0.15, 0.2) is 5.65 Å². The second kappa shape index (κ2) is 8.84. The molecule has 9 nitrogen and oxygen atoms in total. The summed E-state index contributed by atoms with van der Waals surface area (Å²) in [6.07, 6.45) is 1.83. The molecule has 2 fully saturated rings. The summed E-state index contributed by atoms with van der Waals surface area (Å²) in [6.45, 7) is 8.58. The summed E-state index contributed by atoms with van der Waals surface area (Å²) in [5.41, 5.74) is 2.48. The maximum absolute atomic E-state index is 5.67. The molecule has 2 aliphatic rings. The first-order valence-electron chi connectivity index (χ1n) is 11.2. The molecule has 3 aromatic rings. The third-order valence-corrected chi connectivity index (χ3v) is 6.11. The fourth-order valence-corrected chi connectivity index (χ4v) is 4.25. The van der Waals surface area contributed by atoms with Crippen molar-refractivity contribution < 1.29 is 9.47 Å². The number of morpholine rings is 2. The van der Waals surface area contributed by atoms with E-state index in [9.17, 15) is 0 Å². The molecule has 168 valence electrons. The summed E-state index contributed by atoms with van der Waals surface area (Å²) >= 11 is 0. The molecule has 0 saturated carbocycles. The van der Waals surface area contributed by atoms with Gasteiger partial charge in [0.2, 0.25) is 5.95 Å². The first kappa shape index (κ1) is 20.8. The standard InChI is InChI=1S/C23H29N7O2/c1-15-13-31-10-8-29(15)22-18-5-6-19(17-4-7-20(24-3)25-12-17)26-21(18)27-23(28-22)30-9-11-32-14-16(30)2/h4-7,12,15-16H,8-11,13-14H2,1-3H3,(H,24,25). The number of ether oxygens (including phenoxy) is 2. The Morgan fingerprint density at radius 2 is 1.66 bits per heavy atom. The van der Waals surface area contributed by atoms with E-state index in [4.69, 9.17) is 24.4 Å². The van der Waals surface area contributed by atoms with E-state index >= 15 is 0 Å². The van der Waals surface area contributed by atoms with E-state index in [2.05, 4.69) is 40.0 Å². The minimum atomic E-state index is 0.206. The van der Waals surface area contributed by atoms with Crippen LogP contribution in [-0.4, -0.2) is 78.6 Å². The van der Waals surface area contributed by atoms with Crippen LogP contribution in [0, 0.1) is 0 Å². The molecule has 0 aromatic carbocycles. The Hall–Kier alpha value is -3.04. The molecule has 5 rings (SSSR count). The van der Waals surface area contributed by atoms with Gasteiger partial charge in [-0.15, -0.1) is 0 Å². The molecule has 1 N–H and O–H groups in total. The Kier molecular flexibility index (Phi) is 5.75. The second-order valence-corrected chi connectivity index (χ2v) is 8.33. The van der Waals surface area contributed by atoms with Crippen LogP contribution in [0.25, 0.3) is 22.3 Å². The van der Waals surface area contributed by atoms with Gasteiger partial charge >= 0.3 is 0 Å². The van der Waals surface area contributed by atoms with Crippen molar-refractivity contribution in [1.82, 2.24) is 19.9 Å². The molecule has 3 aromatic heterocycles. The van der Waals surface area contributed by atoms with Gasteiger partial charge in [-0.05, 0) is 38.1 Å². The van der Waals surface area contributed by atoms with Crippen LogP contribution in [0.3, 0.4) is 0 Å². The van der Waals surface area contributed by atoms with Crippen LogP contribution in [0.4, 0.5) is 17.6 Å². The molecule has 2 saturated heterocycles. The van der Waals surface area contributed by atoms with E-state index in [1.165, 1.54) is 0 Å². The van der Waals surface area contributed by atoms with Crippen molar-refractivity contribution in [2.75, 3.05) is 61.7 Å². The van der Waals surface area contributed by atoms with Gasteiger partial charge < -0.3 is 24.6 Å². The number of anilines is 3. The smallest absolute Gasteiger partial charge is 0.229 e. The Morgan fingerprint density at radius 1 is 0.906 bits per heavy atom. The average Bonchev–Trinajstić information content (AvgIpc) is 2.84. The van der Waals surface area contributed by atoms with Crippen LogP contribution in [0.2, 0.25) is 0 Å². The molecule has 5 heterocycles. The molecule has 0 amide bonds. The molecular formula is C23H29N7O2. The molecular weight excluding hydrogens is 406 g/mol. The molecule has 32 heavy (non-hydrogen) atoms. The molecule has 2 aliphatic heterocycles. The zero-order valence-corrected chi connectivity index (χ0v) is 18.8. The van der Waals surface area contributed by atoms with Crippen LogP contribution in [-0.2, 0) is 9.47 Å². The summed E-state index contributed by atoms with van der Waals surface area (Å²) in [5.74, 6) is 2.45. The van der Waals surface area contributed by atoms with E-state index in [0.29, 0.717) is 38.0 Å². The van der Waals surface area contributed by atoms with Gasteiger partial charge in [-0.1, -0.05) is 0 Å². The average molecular weight is 436 g/mol. The zero-order chi connectivity index (χ0) is 22.1. The van der Waals surface area contributed by atoms with Crippen molar-refractivity contribution in [2.45, 2.75) is 25.9 Å². The normalized spacial score (nSPS) is 21.7. The summed E-state index contributed by atoms with van der Waals surface area (Å²) in [4.78, 5) is 23.8. The maximum atomic E-state index is 5.67. The molecule has 0 bridgehead atoms. The lowest BCUT2D eigenvalue weighted by Gasteiger charge is -2.37. The quantitative estimate of drug-likeness (QED) is 0.664. The summed E-state index contributed by atoms with van der Waals surface area (Å²) in [6, 6.07) is 8.50. The van der Waals surface area contributed by atoms with Gasteiger partial charge in [0.25, 0.3) is 0 Å². The number of fused-ring (bicyclic) bond motifs is 1. The second-order valence-electron chi connectivity index (χ2n) is 8.33. The van der Waals surface area contributed by atoms with E-state index in [-0.39, 0.29) is 12.1 Å². The van der Waals surface area contributed by atoms with Crippen molar-refractivity contribution in [3.8, 4) is 11.3 Å². The Morgan fingerprint density at radius 3 is 2.31 bits per heavy atom. The highest BCUT2D eigenvalue weighted by Gasteiger charge is 2.27. The number of nitrogens with zero attached hydrogens (tertiary/aromatic N) is 6. The Balaban J connectivity index is 1.63. The van der Waals surface area contributed by atoms with Crippen molar-refractivity contribution in [1.29, 1.82) is 0 Å². The first-order valence-corrected chi connectivity index (χ1v) is 11.2. The van der Waals surface area contributed by atoms with E-state index in [1.807, 2.05) is 31.4 Å². The number of hydrogen-bond donors (Lipinski definition) is 1. The monoisotopic (exact) mass is 435 g/mol. The van der Waals surface area contributed by atoms with Gasteiger partial charge in [0.05, 0.1) is 49.6 Å². The molecule has 2 unspecified atom stereocenters. The fourth-order valence-electron chi connectivity index (χ4n) is 4.25. The molecule has 2 atom stereocenters. The van der Waals surface area contributed by atoms with Crippen molar-refractivity contribution in [3.63, 3.8) is 0 Å². The molecule has 0 aliphatic carbocycles. The van der Waals surface area contributed by atoms with E-state index in [1.54, 1.807) is 0 Å². The van der Waals surface area contributed by atoms with Crippen LogP contribution in [0.1, 0.15) is 13.8 Å². The van der Waals surface area contributed by atoms with Gasteiger partial charge in [-0.25, -0.2) is 9.97 Å². The number of rotatable bonds is 4. The minimum Gasteiger partial charge on any atom is -0.377 e. The van der Waals surface area contributed by atoms with Gasteiger partial charge in [-0.3, -0.25) is 0 Å². The van der Waals surface area contributed by atoms with Crippen molar-refractivity contribution >= 4 is 28.6 Å². The first-order chi connectivity index (χ1) is 15.6. The number of nitrogens with one attached hydrogen (secondary N) is 1. The highest BCUT2D eigenvalue weighted by molar-refractivity contribution is 5.90. The minimum absolute atomic E-state index is 0.206. The van der Waals surface area contributed by atoms with Crippen LogP contribution in [0.15, 0.2) is 30.5 Å². The Labute approximate surface area is 187 Å². The number of hydrogen-bond acceptors (Lipinski definition) is 9. The van der Waals surface area contributed by atoms with Crippen molar-refractivity contribution in [3.05, 3.63) is 30.5 Å². The van der Waals surface area contributed by atoms with Gasteiger partial charge in [0.1, 0.15) is 11.6 Å².